The van der Waals surface area contributed by atoms with Gasteiger partial charge in [-0.15, -0.1) is 15.0 Å². The number of amides is 1. The number of halogens is 1. The normalized spacial score (nSPS) is 15.2. The van der Waals surface area contributed by atoms with E-state index in [9.17, 15) is 9.18 Å². The maximum atomic E-state index is 14.8. The smallest absolute Gasteiger partial charge is 0.259 e. The van der Waals surface area contributed by atoms with Gasteiger partial charge in [-0.3, -0.25) is 4.79 Å². The van der Waals surface area contributed by atoms with Crippen molar-refractivity contribution in [3.8, 4) is 17.2 Å². The summed E-state index contributed by atoms with van der Waals surface area (Å²) in [6, 6.07) is 8.10. The molecule has 0 bridgehead atoms. The number of rotatable bonds is 5. The molecule has 1 aliphatic carbocycles. The minimum Gasteiger partial charge on any atom is -0.327 e. The minimum absolute atomic E-state index is 0.115. The van der Waals surface area contributed by atoms with E-state index < -0.39 is 11.7 Å². The van der Waals surface area contributed by atoms with Gasteiger partial charge in [0.25, 0.3) is 5.91 Å². The molecule has 1 N–H and O–H groups in total. The third-order valence-electron chi connectivity index (χ3n) is 6.34. The van der Waals surface area contributed by atoms with Crippen LogP contribution in [0.3, 0.4) is 0 Å². The fourth-order valence-corrected chi connectivity index (χ4v) is 4.34. The number of nitrogens with one attached hydrogen (secondary N) is 1. The Bertz CT molecular complexity index is 1400. The van der Waals surface area contributed by atoms with Gasteiger partial charge < -0.3 is 9.88 Å². The molecular weight excluding hydrogens is 435 g/mol. The van der Waals surface area contributed by atoms with Crippen LogP contribution in [0.4, 0.5) is 10.2 Å². The number of pyridine rings is 1. The number of imidazole rings is 1. The quantitative estimate of drug-likeness (QED) is 0.487. The molecule has 1 amide bonds. The van der Waals surface area contributed by atoms with E-state index in [-0.39, 0.29) is 5.56 Å². The number of hydrogen-bond acceptors (Lipinski definition) is 6. The SMILES string of the molecule is Cc1cc(F)c(C(=O)Nc2cccc(-c3ncc4n3CCCC4)n2)cc1-n1nnc(C2CC2)n1. The van der Waals surface area contributed by atoms with Gasteiger partial charge in [-0.05, 0) is 74.1 Å². The maximum Gasteiger partial charge on any atom is 0.259 e. The second-order valence-corrected chi connectivity index (χ2v) is 8.87. The molecule has 6 rings (SSSR count). The van der Waals surface area contributed by atoms with Crippen molar-refractivity contribution in [1.29, 1.82) is 0 Å². The average molecular weight is 459 g/mol. The predicted octanol–water partition coefficient (Wildman–Crippen LogP) is 3.83. The third kappa shape index (κ3) is 3.74. The molecular formula is C24H23FN8O. The lowest BCUT2D eigenvalue weighted by Crippen LogP contribution is -2.17. The van der Waals surface area contributed by atoms with Crippen molar-refractivity contribution in [3.63, 3.8) is 0 Å². The molecule has 9 nitrogen and oxygen atoms in total. The highest BCUT2D eigenvalue weighted by atomic mass is 19.1. The second-order valence-electron chi connectivity index (χ2n) is 8.87. The van der Waals surface area contributed by atoms with Crippen LogP contribution < -0.4 is 5.32 Å². The zero-order valence-electron chi connectivity index (χ0n) is 18.7. The summed E-state index contributed by atoms with van der Waals surface area (Å²) < 4.78 is 16.9. The van der Waals surface area contributed by atoms with E-state index in [0.717, 1.165) is 44.5 Å². The molecule has 1 saturated carbocycles. The lowest BCUT2D eigenvalue weighted by atomic mass is 10.1. The summed E-state index contributed by atoms with van der Waals surface area (Å²) in [7, 11) is 0. The molecule has 4 heterocycles. The van der Waals surface area contributed by atoms with E-state index in [1.54, 1.807) is 19.1 Å². The number of hydrogen-bond donors (Lipinski definition) is 1. The van der Waals surface area contributed by atoms with E-state index in [4.69, 9.17) is 0 Å². The highest BCUT2D eigenvalue weighted by Crippen LogP contribution is 2.37. The van der Waals surface area contributed by atoms with Crippen molar-refractivity contribution in [1.82, 2.24) is 34.7 Å². The van der Waals surface area contributed by atoms with Gasteiger partial charge in [0.15, 0.2) is 11.6 Å². The molecule has 0 unspecified atom stereocenters. The summed E-state index contributed by atoms with van der Waals surface area (Å²) in [5, 5.41) is 15.3. The van der Waals surface area contributed by atoms with Crippen molar-refractivity contribution < 1.29 is 9.18 Å². The van der Waals surface area contributed by atoms with E-state index in [2.05, 4.69) is 35.3 Å². The number of aromatic nitrogens is 7. The summed E-state index contributed by atoms with van der Waals surface area (Å²) in [5.74, 6) is 0.898. The van der Waals surface area contributed by atoms with Crippen LogP contribution >= 0.6 is 0 Å². The number of carbonyl (C=O) groups excluding carboxylic acids is 1. The van der Waals surface area contributed by atoms with Crippen molar-refractivity contribution in [2.45, 2.75) is 51.5 Å². The summed E-state index contributed by atoms with van der Waals surface area (Å²) in [4.78, 5) is 23.5. The number of carbonyl (C=O) groups is 1. The Labute approximate surface area is 195 Å². The first-order chi connectivity index (χ1) is 16.6. The molecule has 10 heteroatoms. The van der Waals surface area contributed by atoms with Crippen LogP contribution in [0.25, 0.3) is 17.2 Å². The molecule has 0 saturated heterocycles. The van der Waals surface area contributed by atoms with Gasteiger partial charge >= 0.3 is 0 Å². The Kier molecular flexibility index (Phi) is 4.93. The Morgan fingerprint density at radius 3 is 2.94 bits per heavy atom. The molecule has 4 aromatic rings. The molecule has 3 aromatic heterocycles. The van der Waals surface area contributed by atoms with Gasteiger partial charge in [-0.2, -0.15) is 0 Å². The topological polar surface area (TPSA) is 103 Å². The fourth-order valence-electron chi connectivity index (χ4n) is 4.34. The van der Waals surface area contributed by atoms with Crippen LogP contribution in [-0.4, -0.2) is 40.6 Å². The fraction of sp³-hybridized carbons (Fsp3) is 0.333. The first kappa shape index (κ1) is 20.6. The Hall–Kier alpha value is -3.95. The summed E-state index contributed by atoms with van der Waals surface area (Å²) >= 11 is 0. The largest absolute Gasteiger partial charge is 0.327 e. The van der Waals surface area contributed by atoms with E-state index in [0.29, 0.717) is 34.5 Å². The average Bonchev–Trinajstić information content (AvgIpc) is 3.41. The zero-order valence-corrected chi connectivity index (χ0v) is 18.7. The third-order valence-corrected chi connectivity index (χ3v) is 6.34. The molecule has 2 aliphatic rings. The van der Waals surface area contributed by atoms with Gasteiger partial charge in [0.2, 0.25) is 0 Å². The number of aryl methyl sites for hydroxylation is 2. The second kappa shape index (κ2) is 8.12. The molecule has 1 aliphatic heterocycles. The van der Waals surface area contributed by atoms with Gasteiger partial charge in [-0.1, -0.05) is 6.07 Å². The van der Waals surface area contributed by atoms with Gasteiger partial charge in [0, 0.05) is 24.4 Å². The number of tetrazole rings is 1. The van der Waals surface area contributed by atoms with Crippen molar-refractivity contribution >= 4 is 11.7 Å². The summed E-state index contributed by atoms with van der Waals surface area (Å²) in [5.41, 5.74) is 2.86. The van der Waals surface area contributed by atoms with Crippen LogP contribution in [0, 0.1) is 12.7 Å². The summed E-state index contributed by atoms with van der Waals surface area (Å²) in [6.07, 6.45) is 7.25. The standard InChI is InChI=1S/C24H23FN8O/c1-14-11-18(25)17(12-20(14)33-30-22(29-31-33)15-8-9-15)24(34)28-21-7-4-6-19(27-21)23-26-13-16-5-2-3-10-32(16)23/h4,6-7,11-13,15H,2-3,5,8-10H2,1H3,(H,27,28,34). The lowest BCUT2D eigenvalue weighted by molar-refractivity contribution is 0.102. The number of fused-ring (bicyclic) bond motifs is 1. The summed E-state index contributed by atoms with van der Waals surface area (Å²) in [6.45, 7) is 2.65. The van der Waals surface area contributed by atoms with Crippen LogP contribution in [0.2, 0.25) is 0 Å². The van der Waals surface area contributed by atoms with Crippen LogP contribution in [0.15, 0.2) is 36.5 Å². The van der Waals surface area contributed by atoms with E-state index in [1.807, 2.05) is 12.3 Å². The first-order valence-electron chi connectivity index (χ1n) is 11.5. The predicted molar refractivity (Wildman–Crippen MR) is 122 cm³/mol. The molecule has 0 spiro atoms. The van der Waals surface area contributed by atoms with Crippen LogP contribution in [-0.2, 0) is 13.0 Å². The van der Waals surface area contributed by atoms with Gasteiger partial charge in [0.05, 0.1) is 11.3 Å². The number of benzene rings is 1. The molecule has 172 valence electrons. The van der Waals surface area contributed by atoms with E-state index in [1.165, 1.54) is 22.6 Å². The van der Waals surface area contributed by atoms with Crippen molar-refractivity contribution in [3.05, 3.63) is 65.0 Å². The molecule has 1 aromatic carbocycles. The van der Waals surface area contributed by atoms with Crippen molar-refractivity contribution in [2.24, 2.45) is 0 Å². The Morgan fingerprint density at radius 1 is 1.21 bits per heavy atom. The highest BCUT2D eigenvalue weighted by molar-refractivity contribution is 6.04. The number of anilines is 1. The van der Waals surface area contributed by atoms with E-state index >= 15 is 0 Å². The number of nitrogens with zero attached hydrogens (tertiary/aromatic N) is 7. The monoisotopic (exact) mass is 458 g/mol. The molecule has 34 heavy (non-hydrogen) atoms. The van der Waals surface area contributed by atoms with Gasteiger partial charge in [-0.25, -0.2) is 14.4 Å². The molecule has 0 radical (unpaired) electrons. The zero-order chi connectivity index (χ0) is 23.2. The van der Waals surface area contributed by atoms with Crippen molar-refractivity contribution in [2.75, 3.05) is 5.32 Å². The first-order valence-corrected chi connectivity index (χ1v) is 11.5. The minimum atomic E-state index is -0.625. The van der Waals surface area contributed by atoms with Crippen LogP contribution in [0.1, 0.15) is 59.0 Å². The molecule has 1 fully saturated rings. The lowest BCUT2D eigenvalue weighted by Gasteiger charge is -2.16. The highest BCUT2D eigenvalue weighted by Gasteiger charge is 2.29. The molecule has 0 atom stereocenters. The van der Waals surface area contributed by atoms with Gasteiger partial charge in [0.1, 0.15) is 17.3 Å². The maximum absolute atomic E-state index is 14.8. The Morgan fingerprint density at radius 2 is 2.09 bits per heavy atom. The van der Waals surface area contributed by atoms with Crippen LogP contribution in [0.5, 0.6) is 0 Å². The Balaban J connectivity index is 1.27.